The van der Waals surface area contributed by atoms with Crippen LogP contribution in [0.2, 0.25) is 0 Å². The molecule has 1 aliphatic rings. The standard InChI is InChI=1S/C13H16N2O2/c1-9(7-8-10(2)15-16)13-14-11-5-3-4-6-12(11)17-13/h3-7,10,13-14H,8H2,1-2H3/b9-7+. The number of para-hydroxylation sites is 2. The lowest BCUT2D eigenvalue weighted by atomic mass is 10.1. The van der Waals surface area contributed by atoms with Gasteiger partial charge >= 0.3 is 0 Å². The summed E-state index contributed by atoms with van der Waals surface area (Å²) in [5.74, 6) is 0.867. The van der Waals surface area contributed by atoms with E-state index >= 15 is 0 Å². The van der Waals surface area contributed by atoms with Crippen molar-refractivity contribution in [3.63, 3.8) is 0 Å². The highest BCUT2D eigenvalue weighted by atomic mass is 16.5. The third-order valence-electron chi connectivity index (χ3n) is 2.79. The Bertz CT molecular complexity index is 418. The zero-order valence-corrected chi connectivity index (χ0v) is 10.0. The first-order valence-corrected chi connectivity index (χ1v) is 5.72. The largest absolute Gasteiger partial charge is 0.465 e. The molecule has 2 unspecified atom stereocenters. The van der Waals surface area contributed by atoms with Crippen LogP contribution in [0.15, 0.2) is 41.1 Å². The maximum Gasteiger partial charge on any atom is 0.192 e. The second-order valence-electron chi connectivity index (χ2n) is 4.28. The van der Waals surface area contributed by atoms with E-state index in [9.17, 15) is 4.91 Å². The fourth-order valence-electron chi connectivity index (χ4n) is 1.70. The van der Waals surface area contributed by atoms with Gasteiger partial charge in [-0.1, -0.05) is 23.4 Å². The van der Waals surface area contributed by atoms with Crippen molar-refractivity contribution in [1.29, 1.82) is 0 Å². The molecule has 0 amide bonds. The number of anilines is 1. The van der Waals surface area contributed by atoms with Crippen molar-refractivity contribution in [2.45, 2.75) is 32.5 Å². The molecule has 0 saturated heterocycles. The monoisotopic (exact) mass is 232 g/mol. The summed E-state index contributed by atoms with van der Waals surface area (Å²) in [6.07, 6.45) is 2.51. The van der Waals surface area contributed by atoms with Gasteiger partial charge in [-0.15, -0.1) is 0 Å². The number of rotatable bonds is 4. The number of nitrogens with zero attached hydrogens (tertiary/aromatic N) is 1. The minimum absolute atomic E-state index is 0.133. The summed E-state index contributed by atoms with van der Waals surface area (Å²) in [6, 6.07) is 7.65. The average Bonchev–Trinajstić information content (AvgIpc) is 2.79. The van der Waals surface area contributed by atoms with E-state index in [4.69, 9.17) is 4.74 Å². The highest BCUT2D eigenvalue weighted by Gasteiger charge is 2.22. The molecule has 90 valence electrons. The lowest BCUT2D eigenvalue weighted by Gasteiger charge is -2.12. The van der Waals surface area contributed by atoms with E-state index in [0.717, 1.165) is 17.0 Å². The van der Waals surface area contributed by atoms with Gasteiger partial charge in [-0.05, 0) is 38.0 Å². The lowest BCUT2D eigenvalue weighted by Crippen LogP contribution is -2.21. The minimum Gasteiger partial charge on any atom is -0.465 e. The molecule has 2 rings (SSSR count). The minimum atomic E-state index is -0.186. The third-order valence-corrected chi connectivity index (χ3v) is 2.79. The van der Waals surface area contributed by atoms with Crippen LogP contribution in [0.5, 0.6) is 5.75 Å². The molecule has 4 nitrogen and oxygen atoms in total. The predicted molar refractivity (Wildman–Crippen MR) is 68.1 cm³/mol. The molecule has 0 saturated carbocycles. The van der Waals surface area contributed by atoms with Gasteiger partial charge in [-0.25, -0.2) is 0 Å². The molecule has 0 spiro atoms. The van der Waals surface area contributed by atoms with E-state index in [-0.39, 0.29) is 12.3 Å². The Kier molecular flexibility index (Phi) is 3.42. The molecular formula is C13H16N2O2. The first-order chi connectivity index (χ1) is 8.20. The fourth-order valence-corrected chi connectivity index (χ4v) is 1.70. The number of hydrogen-bond acceptors (Lipinski definition) is 4. The number of hydrogen-bond donors (Lipinski definition) is 1. The summed E-state index contributed by atoms with van der Waals surface area (Å²) < 4.78 is 5.75. The van der Waals surface area contributed by atoms with Crippen molar-refractivity contribution in [2.75, 3.05) is 5.32 Å². The first kappa shape index (κ1) is 11.6. The number of fused-ring (bicyclic) bond motifs is 1. The molecule has 1 heterocycles. The first-order valence-electron chi connectivity index (χ1n) is 5.72. The predicted octanol–water partition coefficient (Wildman–Crippen LogP) is 3.31. The van der Waals surface area contributed by atoms with Crippen molar-refractivity contribution in [2.24, 2.45) is 5.18 Å². The van der Waals surface area contributed by atoms with Crippen LogP contribution in [0.1, 0.15) is 20.3 Å². The zero-order chi connectivity index (χ0) is 12.3. The fraction of sp³-hybridized carbons (Fsp3) is 0.385. The molecule has 1 N–H and O–H groups in total. The van der Waals surface area contributed by atoms with Gasteiger partial charge in [0.1, 0.15) is 5.75 Å². The molecule has 0 aliphatic carbocycles. The normalized spacial score (nSPS) is 20.1. The SMILES string of the molecule is C/C(=C\CC(C)N=O)C1Nc2ccccc2O1. The van der Waals surface area contributed by atoms with Gasteiger partial charge in [0, 0.05) is 0 Å². The Morgan fingerprint density at radius 2 is 2.35 bits per heavy atom. The molecule has 0 bridgehead atoms. The van der Waals surface area contributed by atoms with Crippen LogP contribution in [0.4, 0.5) is 5.69 Å². The maximum atomic E-state index is 10.3. The van der Waals surface area contributed by atoms with E-state index in [2.05, 4.69) is 10.5 Å². The molecular weight excluding hydrogens is 216 g/mol. The quantitative estimate of drug-likeness (QED) is 0.640. The molecule has 0 fully saturated rings. The van der Waals surface area contributed by atoms with Crippen LogP contribution >= 0.6 is 0 Å². The Hall–Kier alpha value is -1.84. The molecule has 0 radical (unpaired) electrons. The van der Waals surface area contributed by atoms with Gasteiger partial charge in [-0.3, -0.25) is 0 Å². The van der Waals surface area contributed by atoms with Crippen molar-refractivity contribution in [1.82, 2.24) is 0 Å². The summed E-state index contributed by atoms with van der Waals surface area (Å²) >= 11 is 0. The van der Waals surface area contributed by atoms with Crippen LogP contribution in [0, 0.1) is 4.91 Å². The van der Waals surface area contributed by atoms with Gasteiger partial charge in [0.25, 0.3) is 0 Å². The number of nitroso groups, excluding NO2 is 1. The van der Waals surface area contributed by atoms with Gasteiger partial charge in [0.2, 0.25) is 0 Å². The Morgan fingerprint density at radius 1 is 1.59 bits per heavy atom. The van der Waals surface area contributed by atoms with E-state index in [0.29, 0.717) is 6.42 Å². The van der Waals surface area contributed by atoms with E-state index in [1.54, 1.807) is 6.92 Å². The van der Waals surface area contributed by atoms with Crippen molar-refractivity contribution < 1.29 is 4.74 Å². The Labute approximate surface area is 101 Å². The van der Waals surface area contributed by atoms with Crippen molar-refractivity contribution in [3.8, 4) is 5.75 Å². The van der Waals surface area contributed by atoms with Gasteiger partial charge in [0.05, 0.1) is 11.7 Å². The molecule has 1 aromatic carbocycles. The summed E-state index contributed by atoms with van der Waals surface area (Å²) in [7, 11) is 0. The summed E-state index contributed by atoms with van der Waals surface area (Å²) in [6.45, 7) is 3.79. The topological polar surface area (TPSA) is 50.7 Å². The highest BCUT2D eigenvalue weighted by Crippen LogP contribution is 2.33. The summed E-state index contributed by atoms with van der Waals surface area (Å²) in [5, 5.41) is 6.25. The highest BCUT2D eigenvalue weighted by molar-refractivity contribution is 5.61. The van der Waals surface area contributed by atoms with Crippen LogP contribution in [0.25, 0.3) is 0 Å². The van der Waals surface area contributed by atoms with Crippen molar-refractivity contribution in [3.05, 3.63) is 40.8 Å². The zero-order valence-electron chi connectivity index (χ0n) is 10.0. The second-order valence-corrected chi connectivity index (χ2v) is 4.28. The van der Waals surface area contributed by atoms with Gasteiger partial charge in [0.15, 0.2) is 6.23 Å². The average molecular weight is 232 g/mol. The van der Waals surface area contributed by atoms with Crippen LogP contribution < -0.4 is 10.1 Å². The number of nitrogens with one attached hydrogen (secondary N) is 1. The van der Waals surface area contributed by atoms with E-state index in [1.807, 2.05) is 37.3 Å². The molecule has 0 aromatic heterocycles. The molecule has 2 atom stereocenters. The smallest absolute Gasteiger partial charge is 0.192 e. The van der Waals surface area contributed by atoms with Gasteiger partial charge in [-0.2, -0.15) is 4.91 Å². The van der Waals surface area contributed by atoms with Crippen LogP contribution in [-0.4, -0.2) is 12.3 Å². The maximum absolute atomic E-state index is 10.3. The summed E-state index contributed by atoms with van der Waals surface area (Å²) in [5.41, 5.74) is 2.07. The Morgan fingerprint density at radius 3 is 3.06 bits per heavy atom. The van der Waals surface area contributed by atoms with Crippen LogP contribution in [-0.2, 0) is 0 Å². The lowest BCUT2D eigenvalue weighted by molar-refractivity contribution is 0.289. The molecule has 17 heavy (non-hydrogen) atoms. The number of ether oxygens (including phenoxy) is 1. The molecule has 1 aliphatic heterocycles. The van der Waals surface area contributed by atoms with E-state index < -0.39 is 0 Å². The molecule has 1 aromatic rings. The summed E-state index contributed by atoms with van der Waals surface area (Å²) in [4.78, 5) is 10.3. The van der Waals surface area contributed by atoms with Gasteiger partial charge < -0.3 is 10.1 Å². The molecule has 4 heteroatoms. The Balaban J connectivity index is 2.00. The van der Waals surface area contributed by atoms with Crippen LogP contribution in [0.3, 0.4) is 0 Å². The second kappa shape index (κ2) is 4.99. The number of benzene rings is 1. The van der Waals surface area contributed by atoms with E-state index in [1.165, 1.54) is 0 Å². The third kappa shape index (κ3) is 2.64. The van der Waals surface area contributed by atoms with Crippen molar-refractivity contribution >= 4 is 5.69 Å².